The van der Waals surface area contributed by atoms with Gasteiger partial charge in [-0.3, -0.25) is 10.1 Å². The van der Waals surface area contributed by atoms with Gasteiger partial charge >= 0.3 is 18.2 Å². The van der Waals surface area contributed by atoms with Crippen molar-refractivity contribution in [1.29, 1.82) is 0 Å². The zero-order chi connectivity index (χ0) is 25.2. The molecule has 10 heteroatoms. The molecule has 2 amide bonds. The number of hydrogen-bond donors (Lipinski definition) is 2. The Morgan fingerprint density at radius 1 is 1.00 bits per heavy atom. The Hall–Kier alpha value is -3.95. The van der Waals surface area contributed by atoms with Crippen molar-refractivity contribution in [2.24, 2.45) is 0 Å². The van der Waals surface area contributed by atoms with E-state index in [9.17, 15) is 27.2 Å². The third kappa shape index (κ3) is 5.42. The molecule has 1 aromatic heterocycles. The fourth-order valence-corrected chi connectivity index (χ4v) is 3.95. The van der Waals surface area contributed by atoms with Gasteiger partial charge in [0, 0.05) is 29.9 Å². The maximum atomic E-state index is 14.9. The van der Waals surface area contributed by atoms with Gasteiger partial charge in [-0.15, -0.1) is 0 Å². The minimum absolute atomic E-state index is 0.0255. The van der Waals surface area contributed by atoms with Gasteiger partial charge in [-0.2, -0.15) is 13.2 Å². The molecule has 1 aliphatic carbocycles. The first-order chi connectivity index (χ1) is 16.6. The highest BCUT2D eigenvalue weighted by molar-refractivity contribution is 5.99. The first kappa shape index (κ1) is 24.2. The van der Waals surface area contributed by atoms with Crippen LogP contribution in [0.2, 0.25) is 0 Å². The molecule has 6 nitrogen and oxygen atoms in total. The fraction of sp³-hybridized carbons (Fsp3) is 0.240. The summed E-state index contributed by atoms with van der Waals surface area (Å²) in [6.45, 7) is 1.30. The van der Waals surface area contributed by atoms with Crippen LogP contribution in [-0.2, 0) is 21.3 Å². The molecule has 1 aliphatic rings. The van der Waals surface area contributed by atoms with E-state index < -0.39 is 35.2 Å². The van der Waals surface area contributed by atoms with Crippen LogP contribution >= 0.6 is 0 Å². The Bertz CT molecular complexity index is 1260. The van der Waals surface area contributed by atoms with E-state index in [0.29, 0.717) is 29.5 Å². The summed E-state index contributed by atoms with van der Waals surface area (Å²) in [6.07, 6.45) is -1.13. The maximum Gasteiger partial charge on any atom is 0.416 e. The lowest BCUT2D eigenvalue weighted by atomic mass is 9.74. The molecule has 35 heavy (non-hydrogen) atoms. The number of ether oxygens (including phenoxy) is 1. The SMILES string of the molecule is CC(=O)OC1(c2ccc(-c3ccc(NC(=O)Nc4cccc(C(F)(F)F)c4)nc3)cc2F)CCC1. The van der Waals surface area contributed by atoms with Gasteiger partial charge in [0.2, 0.25) is 0 Å². The summed E-state index contributed by atoms with van der Waals surface area (Å²) < 4.78 is 58.8. The Morgan fingerprint density at radius 3 is 2.31 bits per heavy atom. The number of nitrogens with one attached hydrogen (secondary N) is 2. The van der Waals surface area contributed by atoms with E-state index >= 15 is 0 Å². The van der Waals surface area contributed by atoms with E-state index in [1.807, 2.05) is 0 Å². The van der Waals surface area contributed by atoms with Crippen LogP contribution in [0.25, 0.3) is 11.1 Å². The number of pyridine rings is 1. The van der Waals surface area contributed by atoms with Crippen LogP contribution in [0.5, 0.6) is 0 Å². The zero-order valence-corrected chi connectivity index (χ0v) is 18.6. The molecule has 1 saturated carbocycles. The average molecular weight is 487 g/mol. The molecule has 0 unspecified atom stereocenters. The molecule has 2 N–H and O–H groups in total. The third-order valence-corrected chi connectivity index (χ3v) is 5.75. The molecule has 4 rings (SSSR count). The fourth-order valence-electron chi connectivity index (χ4n) is 3.95. The monoisotopic (exact) mass is 487 g/mol. The highest BCUT2D eigenvalue weighted by Gasteiger charge is 2.44. The second-order valence-electron chi connectivity index (χ2n) is 8.23. The Labute approximate surface area is 198 Å². The maximum absolute atomic E-state index is 14.9. The summed E-state index contributed by atoms with van der Waals surface area (Å²) in [4.78, 5) is 27.7. The van der Waals surface area contributed by atoms with E-state index in [4.69, 9.17) is 4.74 Å². The molecule has 1 heterocycles. The number of amides is 2. The standard InChI is InChI=1S/C25H21F4N3O3/c1-15(33)35-24(10-3-11-24)20-8-6-16(12-21(20)26)17-7-9-22(30-14-17)32-23(34)31-19-5-2-4-18(13-19)25(27,28)29/h2,4-9,12-14H,3,10-11H2,1H3,(H2,30,31,32,34). The predicted molar refractivity (Wildman–Crippen MR) is 121 cm³/mol. The van der Waals surface area contributed by atoms with Crippen molar-refractivity contribution in [3.8, 4) is 11.1 Å². The minimum atomic E-state index is -4.53. The number of carbonyl (C=O) groups excluding carboxylic acids is 2. The Kier molecular flexibility index (Phi) is 6.47. The molecule has 0 atom stereocenters. The Balaban J connectivity index is 1.43. The van der Waals surface area contributed by atoms with E-state index in [2.05, 4.69) is 15.6 Å². The second-order valence-corrected chi connectivity index (χ2v) is 8.23. The van der Waals surface area contributed by atoms with Crippen molar-refractivity contribution < 1.29 is 31.9 Å². The van der Waals surface area contributed by atoms with Crippen molar-refractivity contribution in [2.45, 2.75) is 38.0 Å². The van der Waals surface area contributed by atoms with Crippen LogP contribution in [0.1, 0.15) is 37.3 Å². The smallest absolute Gasteiger partial charge is 0.416 e. The first-order valence-electron chi connectivity index (χ1n) is 10.8. The topological polar surface area (TPSA) is 80.3 Å². The summed E-state index contributed by atoms with van der Waals surface area (Å²) in [5.41, 5.74) is -0.381. The third-order valence-electron chi connectivity index (χ3n) is 5.75. The number of nitrogens with zero attached hydrogens (tertiary/aromatic N) is 1. The lowest BCUT2D eigenvalue weighted by Gasteiger charge is -2.41. The highest BCUT2D eigenvalue weighted by Crippen LogP contribution is 2.46. The number of esters is 1. The summed E-state index contributed by atoms with van der Waals surface area (Å²) in [5, 5.41) is 4.76. The van der Waals surface area contributed by atoms with Gasteiger partial charge in [-0.05, 0) is 61.2 Å². The van der Waals surface area contributed by atoms with Gasteiger partial charge in [0.15, 0.2) is 0 Å². The predicted octanol–water partition coefficient (Wildman–Crippen LogP) is 6.49. The normalized spacial score (nSPS) is 14.5. The van der Waals surface area contributed by atoms with E-state index in [-0.39, 0.29) is 11.5 Å². The largest absolute Gasteiger partial charge is 0.454 e. The van der Waals surface area contributed by atoms with E-state index in [1.165, 1.54) is 37.4 Å². The van der Waals surface area contributed by atoms with Crippen LogP contribution in [0.4, 0.5) is 33.9 Å². The van der Waals surface area contributed by atoms with E-state index in [1.54, 1.807) is 18.2 Å². The molecule has 3 aromatic rings. The van der Waals surface area contributed by atoms with Crippen LogP contribution in [0.3, 0.4) is 0 Å². The van der Waals surface area contributed by atoms with Gasteiger partial charge < -0.3 is 10.1 Å². The lowest BCUT2D eigenvalue weighted by molar-refractivity contribution is -0.169. The van der Waals surface area contributed by atoms with Crippen LogP contribution in [0.15, 0.2) is 60.8 Å². The minimum Gasteiger partial charge on any atom is -0.454 e. The molecule has 0 aliphatic heterocycles. The lowest BCUT2D eigenvalue weighted by Crippen LogP contribution is -2.39. The number of aromatic nitrogens is 1. The van der Waals surface area contributed by atoms with Gasteiger partial charge in [-0.25, -0.2) is 14.2 Å². The second kappa shape index (κ2) is 9.36. The van der Waals surface area contributed by atoms with Crippen LogP contribution < -0.4 is 10.6 Å². The summed E-state index contributed by atoms with van der Waals surface area (Å²) in [5.74, 6) is -0.803. The van der Waals surface area contributed by atoms with Crippen molar-refractivity contribution in [3.63, 3.8) is 0 Å². The number of alkyl halides is 3. The molecule has 1 fully saturated rings. The number of hydrogen-bond acceptors (Lipinski definition) is 4. The number of urea groups is 1. The van der Waals surface area contributed by atoms with Gasteiger partial charge in [0.05, 0.1) is 5.56 Å². The van der Waals surface area contributed by atoms with Gasteiger partial charge in [-0.1, -0.05) is 18.2 Å². The van der Waals surface area contributed by atoms with E-state index in [0.717, 1.165) is 18.6 Å². The molecule has 182 valence electrons. The average Bonchev–Trinajstić information content (AvgIpc) is 2.76. The number of anilines is 2. The first-order valence-corrected chi connectivity index (χ1v) is 10.8. The number of halogens is 4. The number of benzene rings is 2. The zero-order valence-electron chi connectivity index (χ0n) is 18.6. The molecule has 2 aromatic carbocycles. The van der Waals surface area contributed by atoms with Gasteiger partial charge in [0.1, 0.15) is 17.2 Å². The summed E-state index contributed by atoms with van der Waals surface area (Å²) >= 11 is 0. The molecule has 0 spiro atoms. The van der Waals surface area contributed by atoms with Crippen molar-refractivity contribution in [2.75, 3.05) is 10.6 Å². The Morgan fingerprint density at radius 2 is 1.74 bits per heavy atom. The van der Waals surface area contributed by atoms with Crippen molar-refractivity contribution in [1.82, 2.24) is 4.98 Å². The summed E-state index contributed by atoms with van der Waals surface area (Å²) in [7, 11) is 0. The van der Waals surface area contributed by atoms with Crippen LogP contribution in [-0.4, -0.2) is 17.0 Å². The van der Waals surface area contributed by atoms with Crippen molar-refractivity contribution in [3.05, 3.63) is 77.7 Å². The van der Waals surface area contributed by atoms with Crippen molar-refractivity contribution >= 4 is 23.5 Å². The summed E-state index contributed by atoms with van der Waals surface area (Å²) in [6, 6.07) is 11.2. The molecule has 0 radical (unpaired) electrons. The number of rotatable bonds is 5. The highest BCUT2D eigenvalue weighted by atomic mass is 19.4. The molecular formula is C25H21F4N3O3. The molecule has 0 bridgehead atoms. The van der Waals surface area contributed by atoms with Gasteiger partial charge in [0.25, 0.3) is 0 Å². The van der Waals surface area contributed by atoms with Crippen LogP contribution in [0, 0.1) is 5.82 Å². The molecule has 0 saturated heterocycles. The number of carbonyl (C=O) groups is 2. The molecular weight excluding hydrogens is 466 g/mol. The quantitative estimate of drug-likeness (QED) is 0.318.